The number of likely N-dealkylation sites (N-methyl/N-ethyl adjacent to an activating group) is 1. The zero-order chi connectivity index (χ0) is 25.5. The number of ether oxygens (including phenoxy) is 1. The van der Waals surface area contributed by atoms with Crippen molar-refractivity contribution in [1.82, 2.24) is 10.6 Å². The van der Waals surface area contributed by atoms with Gasteiger partial charge in [-0.25, -0.2) is 0 Å². The van der Waals surface area contributed by atoms with Crippen molar-refractivity contribution in [2.24, 2.45) is 5.92 Å². The molecule has 0 aromatic heterocycles. The van der Waals surface area contributed by atoms with Gasteiger partial charge in [0.25, 0.3) is 0 Å². The van der Waals surface area contributed by atoms with E-state index in [1.54, 1.807) is 42.5 Å². The first-order valence-corrected chi connectivity index (χ1v) is 11.4. The molecule has 5 nitrogen and oxygen atoms in total. The molecular formula is C25H31F3N2O3S. The van der Waals surface area contributed by atoms with Gasteiger partial charge in [-0.15, -0.1) is 0 Å². The van der Waals surface area contributed by atoms with Crippen LogP contribution in [0, 0.1) is 5.92 Å². The highest BCUT2D eigenvalue weighted by Gasteiger charge is 2.48. The van der Waals surface area contributed by atoms with Crippen LogP contribution >= 0.6 is 12.6 Å². The largest absolute Gasteiger partial charge is 0.497 e. The molecule has 2 atom stereocenters. The minimum Gasteiger partial charge on any atom is -0.497 e. The van der Waals surface area contributed by atoms with Crippen molar-refractivity contribution >= 4 is 24.4 Å². The molecule has 34 heavy (non-hydrogen) atoms. The molecule has 0 aliphatic rings. The van der Waals surface area contributed by atoms with Gasteiger partial charge in [0, 0.05) is 13.5 Å². The topological polar surface area (TPSA) is 67.4 Å². The Bertz CT molecular complexity index is 980. The number of hydrogen-bond donors (Lipinski definition) is 3. The Hall–Kier alpha value is -2.68. The minimum atomic E-state index is -4.66. The molecule has 0 aliphatic carbocycles. The van der Waals surface area contributed by atoms with Crippen LogP contribution < -0.4 is 15.4 Å². The van der Waals surface area contributed by atoms with Gasteiger partial charge >= 0.3 is 6.18 Å². The lowest BCUT2D eigenvalue weighted by atomic mass is 9.86. The Morgan fingerprint density at radius 3 is 2.18 bits per heavy atom. The molecule has 0 aliphatic heterocycles. The smallest absolute Gasteiger partial charge is 0.391 e. The number of carbonyl (C=O) groups is 2. The van der Waals surface area contributed by atoms with Gasteiger partial charge in [-0.2, -0.15) is 25.8 Å². The summed E-state index contributed by atoms with van der Waals surface area (Å²) < 4.78 is 43.9. The van der Waals surface area contributed by atoms with Crippen molar-refractivity contribution in [3.63, 3.8) is 0 Å². The Labute approximate surface area is 203 Å². The van der Waals surface area contributed by atoms with Gasteiger partial charge in [0.1, 0.15) is 16.5 Å². The number of halogens is 3. The van der Waals surface area contributed by atoms with Crippen molar-refractivity contribution in [2.75, 3.05) is 14.2 Å². The summed E-state index contributed by atoms with van der Waals surface area (Å²) in [6.45, 7) is 3.88. The third-order valence-electron chi connectivity index (χ3n) is 5.39. The molecule has 0 radical (unpaired) electrons. The maximum atomic E-state index is 13.7. The molecule has 0 saturated heterocycles. The molecule has 2 amide bonds. The Morgan fingerprint density at radius 2 is 1.65 bits per heavy atom. The molecule has 0 fully saturated rings. The van der Waals surface area contributed by atoms with Gasteiger partial charge in [0.15, 0.2) is 0 Å². The molecule has 2 aromatic carbocycles. The van der Waals surface area contributed by atoms with Gasteiger partial charge in [0.2, 0.25) is 11.8 Å². The quantitative estimate of drug-likeness (QED) is 0.426. The number of alkyl halides is 3. The summed E-state index contributed by atoms with van der Waals surface area (Å²) in [5.74, 6) is -0.735. The number of thiol groups is 1. The Balaban J connectivity index is 2.43. The van der Waals surface area contributed by atoms with E-state index in [0.29, 0.717) is 23.3 Å². The van der Waals surface area contributed by atoms with E-state index >= 15 is 0 Å². The number of benzene rings is 2. The molecule has 9 heteroatoms. The van der Waals surface area contributed by atoms with E-state index in [1.165, 1.54) is 20.2 Å². The molecular weight excluding hydrogens is 465 g/mol. The summed E-state index contributed by atoms with van der Waals surface area (Å²) in [5.41, 5.74) is 1.50. The van der Waals surface area contributed by atoms with Crippen LogP contribution in [-0.4, -0.2) is 38.2 Å². The molecule has 0 heterocycles. The van der Waals surface area contributed by atoms with E-state index in [2.05, 4.69) is 23.3 Å². The zero-order valence-electron chi connectivity index (χ0n) is 19.7. The normalized spacial score (nSPS) is 14.3. The predicted molar refractivity (Wildman–Crippen MR) is 129 cm³/mol. The highest BCUT2D eigenvalue weighted by molar-refractivity contribution is 7.82. The second kappa shape index (κ2) is 11.6. The first-order chi connectivity index (χ1) is 15.9. The van der Waals surface area contributed by atoms with Crippen LogP contribution in [0.3, 0.4) is 0 Å². The SMILES string of the molecule is CNC(=O)C(Cc1ccc(OC)cc1)NC(=O)C(S)(CC(F)(F)F)c1ccccc1CC(C)C. The van der Waals surface area contributed by atoms with E-state index in [4.69, 9.17) is 4.74 Å². The highest BCUT2D eigenvalue weighted by atomic mass is 32.1. The van der Waals surface area contributed by atoms with Crippen LogP contribution in [0.4, 0.5) is 13.2 Å². The van der Waals surface area contributed by atoms with E-state index < -0.39 is 35.2 Å². The lowest BCUT2D eigenvalue weighted by Gasteiger charge is -2.32. The van der Waals surface area contributed by atoms with Gasteiger partial charge in [-0.1, -0.05) is 50.2 Å². The summed E-state index contributed by atoms with van der Waals surface area (Å²) in [6, 6.07) is 12.3. The van der Waals surface area contributed by atoms with Gasteiger partial charge in [-0.05, 0) is 41.2 Å². The molecule has 2 unspecified atom stereocenters. The third kappa shape index (κ3) is 7.41. The van der Waals surface area contributed by atoms with E-state index in [0.717, 1.165) is 0 Å². The summed E-state index contributed by atoms with van der Waals surface area (Å²) in [5, 5.41) is 4.99. The third-order valence-corrected chi connectivity index (χ3v) is 5.99. The number of carbonyl (C=O) groups excluding carboxylic acids is 2. The number of methoxy groups -OCH3 is 1. The van der Waals surface area contributed by atoms with Crippen LogP contribution in [-0.2, 0) is 27.2 Å². The van der Waals surface area contributed by atoms with Crippen LogP contribution in [0.2, 0.25) is 0 Å². The lowest BCUT2D eigenvalue weighted by molar-refractivity contribution is -0.151. The average molecular weight is 497 g/mol. The molecule has 2 N–H and O–H groups in total. The van der Waals surface area contributed by atoms with Crippen LogP contribution in [0.15, 0.2) is 48.5 Å². The van der Waals surface area contributed by atoms with Crippen molar-refractivity contribution in [2.45, 2.75) is 50.1 Å². The number of amides is 2. The summed E-state index contributed by atoms with van der Waals surface area (Å²) in [6.07, 6.45) is -5.58. The second-order valence-corrected chi connectivity index (χ2v) is 9.36. The molecule has 0 saturated carbocycles. The van der Waals surface area contributed by atoms with Crippen LogP contribution in [0.25, 0.3) is 0 Å². The molecule has 2 aromatic rings. The molecule has 0 spiro atoms. The zero-order valence-corrected chi connectivity index (χ0v) is 20.6. The summed E-state index contributed by atoms with van der Waals surface area (Å²) in [7, 11) is 2.92. The monoisotopic (exact) mass is 496 g/mol. The maximum absolute atomic E-state index is 13.7. The van der Waals surface area contributed by atoms with E-state index in [-0.39, 0.29) is 17.9 Å². The van der Waals surface area contributed by atoms with Crippen molar-refractivity contribution in [3.05, 3.63) is 65.2 Å². The maximum Gasteiger partial charge on any atom is 0.391 e. The fraction of sp³-hybridized carbons (Fsp3) is 0.440. The highest BCUT2D eigenvalue weighted by Crippen LogP contribution is 2.42. The lowest BCUT2D eigenvalue weighted by Crippen LogP contribution is -2.53. The Morgan fingerprint density at radius 1 is 1.03 bits per heavy atom. The van der Waals surface area contributed by atoms with E-state index in [9.17, 15) is 22.8 Å². The van der Waals surface area contributed by atoms with Crippen molar-refractivity contribution in [3.8, 4) is 5.75 Å². The Kier molecular flexibility index (Phi) is 9.44. The molecule has 2 rings (SSSR count). The molecule has 186 valence electrons. The van der Waals surface area contributed by atoms with Gasteiger partial charge in [0.05, 0.1) is 13.5 Å². The van der Waals surface area contributed by atoms with Crippen LogP contribution in [0.5, 0.6) is 5.75 Å². The summed E-state index contributed by atoms with van der Waals surface area (Å²) >= 11 is 4.33. The standard InChI is InChI=1S/C25H31F3N2O3S/c1-16(2)13-18-7-5-6-8-20(18)24(34,15-25(26,27)28)23(32)30-21(22(31)29-3)14-17-9-11-19(33-4)12-10-17/h5-12,16,21,34H,13-15H2,1-4H3,(H,29,31)(H,30,32). The van der Waals surface area contributed by atoms with Gasteiger partial charge in [-0.3, -0.25) is 9.59 Å². The van der Waals surface area contributed by atoms with Crippen molar-refractivity contribution in [1.29, 1.82) is 0 Å². The average Bonchev–Trinajstić information content (AvgIpc) is 2.77. The van der Waals surface area contributed by atoms with Crippen LogP contribution in [0.1, 0.15) is 37.0 Å². The number of hydrogen-bond acceptors (Lipinski definition) is 4. The first-order valence-electron chi connectivity index (χ1n) is 10.9. The van der Waals surface area contributed by atoms with Crippen molar-refractivity contribution < 1.29 is 27.5 Å². The number of nitrogens with one attached hydrogen (secondary N) is 2. The summed E-state index contributed by atoms with van der Waals surface area (Å²) in [4.78, 5) is 26.0. The molecule has 0 bridgehead atoms. The fourth-order valence-electron chi connectivity index (χ4n) is 3.79. The fourth-order valence-corrected chi connectivity index (χ4v) is 4.25. The second-order valence-electron chi connectivity index (χ2n) is 8.60. The van der Waals surface area contributed by atoms with Gasteiger partial charge < -0.3 is 15.4 Å². The number of rotatable bonds is 10. The minimum absolute atomic E-state index is 0.0823. The first kappa shape index (κ1) is 27.6. The predicted octanol–water partition coefficient (Wildman–Crippen LogP) is 4.44. The van der Waals surface area contributed by atoms with E-state index in [1.807, 2.05) is 13.8 Å².